The molecule has 2 aliphatic heterocycles. The van der Waals surface area contributed by atoms with Crippen LogP contribution in [0.3, 0.4) is 0 Å². The zero-order valence-corrected chi connectivity index (χ0v) is 11.4. The molecule has 0 unspecified atom stereocenters. The average molecular weight is 273 g/mol. The summed E-state index contributed by atoms with van der Waals surface area (Å²) in [6.07, 6.45) is 2.22. The van der Waals surface area contributed by atoms with Gasteiger partial charge in [0, 0.05) is 25.3 Å². The summed E-state index contributed by atoms with van der Waals surface area (Å²) < 4.78 is 0. The van der Waals surface area contributed by atoms with Gasteiger partial charge in [0.15, 0.2) is 0 Å². The van der Waals surface area contributed by atoms with Crippen molar-refractivity contribution in [2.24, 2.45) is 0 Å². The molecule has 1 aromatic rings. The number of hydrogen-bond donors (Lipinski definition) is 2. The van der Waals surface area contributed by atoms with Crippen molar-refractivity contribution in [1.29, 1.82) is 0 Å². The molecule has 20 heavy (non-hydrogen) atoms. The number of piperazine rings is 1. The second-order valence-corrected chi connectivity index (χ2v) is 5.28. The highest BCUT2D eigenvalue weighted by Gasteiger charge is 2.28. The van der Waals surface area contributed by atoms with Crippen LogP contribution < -0.4 is 15.5 Å². The number of carbonyl (C=O) groups excluding carboxylic acids is 2. The maximum absolute atomic E-state index is 12.5. The number of rotatable bonds is 2. The van der Waals surface area contributed by atoms with E-state index < -0.39 is 6.04 Å². The van der Waals surface area contributed by atoms with Crippen LogP contribution in [0.2, 0.25) is 0 Å². The van der Waals surface area contributed by atoms with Crippen LogP contribution in [0.25, 0.3) is 0 Å². The Balaban J connectivity index is 1.73. The summed E-state index contributed by atoms with van der Waals surface area (Å²) in [5.74, 6) is -0.0541. The third-order valence-corrected chi connectivity index (χ3v) is 3.92. The van der Waals surface area contributed by atoms with Gasteiger partial charge in [-0.3, -0.25) is 9.59 Å². The fraction of sp³-hybridized carbons (Fsp3) is 0.467. The maximum atomic E-state index is 12.5. The van der Waals surface area contributed by atoms with Gasteiger partial charge in [0.05, 0.1) is 12.5 Å². The Morgan fingerprint density at radius 2 is 2.15 bits per heavy atom. The van der Waals surface area contributed by atoms with Crippen molar-refractivity contribution < 1.29 is 9.59 Å². The fourth-order valence-electron chi connectivity index (χ4n) is 2.89. The topological polar surface area (TPSA) is 61.4 Å². The molecule has 1 saturated heterocycles. The first-order valence-corrected chi connectivity index (χ1v) is 7.15. The number of amides is 2. The van der Waals surface area contributed by atoms with Crippen molar-refractivity contribution in [3.8, 4) is 0 Å². The zero-order chi connectivity index (χ0) is 13.9. The van der Waals surface area contributed by atoms with Crippen LogP contribution in [-0.2, 0) is 16.0 Å². The second-order valence-electron chi connectivity index (χ2n) is 5.28. The largest absolute Gasteiger partial charge is 0.353 e. The predicted octanol–water partition coefficient (Wildman–Crippen LogP) is 0.444. The Hall–Kier alpha value is -1.88. The molecule has 0 aromatic heterocycles. The van der Waals surface area contributed by atoms with Gasteiger partial charge in [0.25, 0.3) is 0 Å². The molecular formula is C15H19N3O2. The van der Waals surface area contributed by atoms with Crippen LogP contribution in [-0.4, -0.2) is 37.5 Å². The van der Waals surface area contributed by atoms with Gasteiger partial charge in [-0.15, -0.1) is 0 Å². The average Bonchev–Trinajstić information content (AvgIpc) is 2.49. The molecule has 0 radical (unpaired) electrons. The maximum Gasteiger partial charge on any atom is 0.237 e. The van der Waals surface area contributed by atoms with E-state index >= 15 is 0 Å². The molecule has 2 heterocycles. The van der Waals surface area contributed by atoms with Crippen LogP contribution in [0, 0.1) is 0 Å². The number of benzene rings is 1. The van der Waals surface area contributed by atoms with E-state index in [2.05, 4.69) is 16.7 Å². The smallest absolute Gasteiger partial charge is 0.237 e. The summed E-state index contributed by atoms with van der Waals surface area (Å²) in [4.78, 5) is 26.0. The van der Waals surface area contributed by atoms with E-state index in [1.165, 1.54) is 5.56 Å². The van der Waals surface area contributed by atoms with E-state index in [1.54, 1.807) is 0 Å². The summed E-state index contributed by atoms with van der Waals surface area (Å²) in [7, 11) is 0. The molecule has 5 nitrogen and oxygen atoms in total. The van der Waals surface area contributed by atoms with Gasteiger partial charge in [-0.1, -0.05) is 18.2 Å². The van der Waals surface area contributed by atoms with E-state index in [0.29, 0.717) is 6.54 Å². The van der Waals surface area contributed by atoms with Gasteiger partial charge in [0.2, 0.25) is 11.8 Å². The van der Waals surface area contributed by atoms with Crippen molar-refractivity contribution in [3.05, 3.63) is 29.8 Å². The molecule has 2 aliphatic rings. The molecule has 0 saturated carbocycles. The van der Waals surface area contributed by atoms with Gasteiger partial charge in [-0.05, 0) is 24.5 Å². The molecule has 0 aliphatic carbocycles. The van der Waals surface area contributed by atoms with E-state index in [0.717, 1.165) is 31.6 Å². The van der Waals surface area contributed by atoms with Crippen LogP contribution in [0.15, 0.2) is 24.3 Å². The summed E-state index contributed by atoms with van der Waals surface area (Å²) in [5.41, 5.74) is 2.22. The van der Waals surface area contributed by atoms with Crippen molar-refractivity contribution in [1.82, 2.24) is 10.6 Å². The number of anilines is 1. The lowest BCUT2D eigenvalue weighted by Gasteiger charge is -2.31. The number of hydrogen-bond acceptors (Lipinski definition) is 3. The van der Waals surface area contributed by atoms with Crippen molar-refractivity contribution in [3.63, 3.8) is 0 Å². The summed E-state index contributed by atoms with van der Waals surface area (Å²) in [6.45, 7) is 2.10. The zero-order valence-electron chi connectivity index (χ0n) is 11.4. The van der Waals surface area contributed by atoms with Crippen LogP contribution in [0.4, 0.5) is 5.69 Å². The highest BCUT2D eigenvalue weighted by Crippen LogP contribution is 2.27. The van der Waals surface area contributed by atoms with Crippen LogP contribution in [0.1, 0.15) is 18.4 Å². The molecule has 2 N–H and O–H groups in total. The van der Waals surface area contributed by atoms with Gasteiger partial charge in [-0.2, -0.15) is 0 Å². The molecule has 2 amide bonds. The molecule has 1 aromatic carbocycles. The minimum Gasteiger partial charge on any atom is -0.353 e. The highest BCUT2D eigenvalue weighted by molar-refractivity contribution is 5.98. The number of carbonyl (C=O) groups is 2. The lowest BCUT2D eigenvalue weighted by atomic mass is 10.0. The number of nitrogens with zero attached hydrogens (tertiary/aromatic N) is 1. The Bertz CT molecular complexity index is 530. The number of para-hydroxylation sites is 1. The lowest BCUT2D eigenvalue weighted by molar-refractivity contribution is -0.128. The molecule has 1 fully saturated rings. The standard InChI is InChI=1S/C15H19N3O2/c19-14(10-12-15(20)17-8-7-16-12)18-9-3-5-11-4-1-2-6-13(11)18/h1-2,4,6,12,16H,3,5,7-10H2,(H,17,20)/t12-/m0/s1. The number of aryl methyl sites for hydroxylation is 1. The third kappa shape index (κ3) is 2.54. The number of fused-ring (bicyclic) bond motifs is 1. The Kier molecular flexibility index (Phi) is 3.69. The molecule has 1 atom stereocenters. The highest BCUT2D eigenvalue weighted by atomic mass is 16.2. The predicted molar refractivity (Wildman–Crippen MR) is 76.5 cm³/mol. The SMILES string of the molecule is O=C1NCCN[C@H]1CC(=O)N1CCCc2ccccc21. The first kappa shape index (κ1) is 13.1. The van der Waals surface area contributed by atoms with Gasteiger partial charge in [0.1, 0.15) is 0 Å². The van der Waals surface area contributed by atoms with E-state index in [1.807, 2.05) is 23.1 Å². The molecular weight excluding hydrogens is 254 g/mol. The quantitative estimate of drug-likeness (QED) is 0.822. The van der Waals surface area contributed by atoms with E-state index in [4.69, 9.17) is 0 Å². The van der Waals surface area contributed by atoms with E-state index in [9.17, 15) is 9.59 Å². The Labute approximate surface area is 118 Å². The van der Waals surface area contributed by atoms with Gasteiger partial charge >= 0.3 is 0 Å². The Morgan fingerprint density at radius 1 is 1.30 bits per heavy atom. The molecule has 0 bridgehead atoms. The van der Waals surface area contributed by atoms with Gasteiger partial charge in [-0.25, -0.2) is 0 Å². The molecule has 5 heteroatoms. The van der Waals surface area contributed by atoms with Crippen LogP contribution >= 0.6 is 0 Å². The molecule has 106 valence electrons. The fourth-order valence-corrected chi connectivity index (χ4v) is 2.89. The third-order valence-electron chi connectivity index (χ3n) is 3.92. The first-order chi connectivity index (χ1) is 9.75. The lowest BCUT2D eigenvalue weighted by Crippen LogP contribution is -2.54. The Morgan fingerprint density at radius 3 is 3.00 bits per heavy atom. The summed E-state index contributed by atoms with van der Waals surface area (Å²) in [6, 6.07) is 7.62. The van der Waals surface area contributed by atoms with Gasteiger partial charge < -0.3 is 15.5 Å². The van der Waals surface area contributed by atoms with Crippen molar-refractivity contribution >= 4 is 17.5 Å². The molecule has 3 rings (SSSR count). The first-order valence-electron chi connectivity index (χ1n) is 7.15. The minimum absolute atomic E-state index is 0.0201. The van der Waals surface area contributed by atoms with E-state index in [-0.39, 0.29) is 18.2 Å². The minimum atomic E-state index is -0.398. The van der Waals surface area contributed by atoms with Crippen molar-refractivity contribution in [2.75, 3.05) is 24.5 Å². The molecule has 0 spiro atoms. The number of nitrogens with one attached hydrogen (secondary N) is 2. The van der Waals surface area contributed by atoms with Crippen LogP contribution in [0.5, 0.6) is 0 Å². The summed E-state index contributed by atoms with van der Waals surface area (Å²) in [5, 5.41) is 5.89. The van der Waals surface area contributed by atoms with Crippen molar-refractivity contribution in [2.45, 2.75) is 25.3 Å². The monoisotopic (exact) mass is 273 g/mol. The second kappa shape index (κ2) is 5.63. The normalized spacial score (nSPS) is 22.1. The summed E-state index contributed by atoms with van der Waals surface area (Å²) >= 11 is 0.